The van der Waals surface area contributed by atoms with Gasteiger partial charge in [0.1, 0.15) is 6.61 Å². The van der Waals surface area contributed by atoms with E-state index in [9.17, 15) is 4.79 Å². The summed E-state index contributed by atoms with van der Waals surface area (Å²) in [4.78, 5) is 12.0. The van der Waals surface area contributed by atoms with E-state index < -0.39 is 0 Å². The average Bonchev–Trinajstić information content (AvgIpc) is 2.49. The van der Waals surface area contributed by atoms with Crippen molar-refractivity contribution >= 4 is 5.91 Å². The van der Waals surface area contributed by atoms with Gasteiger partial charge in [-0.3, -0.25) is 4.79 Å². The van der Waals surface area contributed by atoms with Crippen LogP contribution in [0.3, 0.4) is 0 Å². The fraction of sp³-hybridized carbons (Fsp3) is 0.400. The number of rotatable bonds is 8. The number of benzene rings is 1. The molecular formula is C15H22N2O3. The summed E-state index contributed by atoms with van der Waals surface area (Å²) >= 11 is 0. The van der Waals surface area contributed by atoms with Gasteiger partial charge in [0.25, 0.3) is 5.91 Å². The highest BCUT2D eigenvalue weighted by Gasteiger charge is 2.11. The molecule has 0 saturated heterocycles. The van der Waals surface area contributed by atoms with E-state index in [0.717, 1.165) is 0 Å². The van der Waals surface area contributed by atoms with Gasteiger partial charge in [-0.2, -0.15) is 0 Å². The van der Waals surface area contributed by atoms with Crippen molar-refractivity contribution in [1.82, 2.24) is 10.6 Å². The normalized spacial score (nSPS) is 11.6. The molecule has 5 nitrogen and oxygen atoms in total. The molecule has 1 rings (SSSR count). The van der Waals surface area contributed by atoms with Gasteiger partial charge in [-0.25, -0.2) is 0 Å². The van der Waals surface area contributed by atoms with Gasteiger partial charge in [-0.15, -0.1) is 0 Å². The second-order valence-corrected chi connectivity index (χ2v) is 4.37. The second-order valence-electron chi connectivity index (χ2n) is 4.37. The molecule has 0 fully saturated rings. The van der Waals surface area contributed by atoms with Gasteiger partial charge in [0.15, 0.2) is 11.5 Å². The molecule has 0 aliphatic carbocycles. The summed E-state index contributed by atoms with van der Waals surface area (Å²) in [5, 5.41) is 5.91. The zero-order valence-corrected chi connectivity index (χ0v) is 12.2. The van der Waals surface area contributed by atoms with Crippen LogP contribution in [-0.4, -0.2) is 39.3 Å². The van der Waals surface area contributed by atoms with Crippen LogP contribution in [0.1, 0.15) is 17.3 Å². The Bertz CT molecular complexity index is 460. The van der Waals surface area contributed by atoms with Gasteiger partial charge in [0.05, 0.1) is 7.11 Å². The van der Waals surface area contributed by atoms with Crippen LogP contribution in [0.25, 0.3) is 0 Å². The Balaban J connectivity index is 2.75. The molecule has 0 heterocycles. The van der Waals surface area contributed by atoms with E-state index in [1.807, 2.05) is 14.0 Å². The molecule has 0 radical (unpaired) electrons. The predicted octanol–water partition coefficient (Wildman–Crippen LogP) is 1.60. The van der Waals surface area contributed by atoms with Crippen molar-refractivity contribution in [3.63, 3.8) is 0 Å². The van der Waals surface area contributed by atoms with Gasteiger partial charge < -0.3 is 20.1 Å². The molecule has 110 valence electrons. The number of likely N-dealkylation sites (N-methyl/N-ethyl adjacent to an activating group) is 1. The molecule has 1 amide bonds. The maximum absolute atomic E-state index is 12.0. The Morgan fingerprint density at radius 2 is 2.20 bits per heavy atom. The third kappa shape index (κ3) is 4.59. The molecule has 1 unspecified atom stereocenters. The molecule has 0 aliphatic heterocycles. The molecule has 5 heteroatoms. The standard InChI is InChI=1S/C15H22N2O3/c1-5-8-20-13-7-6-12(9-14(13)19-4)15(18)17-10-11(2)16-3/h5-7,9,11,16H,1,8,10H2,2-4H3,(H,17,18). The van der Waals surface area contributed by atoms with Crippen LogP contribution in [0.2, 0.25) is 0 Å². The zero-order chi connectivity index (χ0) is 15.0. The minimum atomic E-state index is -0.138. The summed E-state index contributed by atoms with van der Waals surface area (Å²) < 4.78 is 10.7. The predicted molar refractivity (Wildman–Crippen MR) is 79.5 cm³/mol. The number of methoxy groups -OCH3 is 1. The average molecular weight is 278 g/mol. The molecule has 1 atom stereocenters. The summed E-state index contributed by atoms with van der Waals surface area (Å²) in [6.45, 7) is 6.54. The minimum absolute atomic E-state index is 0.138. The van der Waals surface area contributed by atoms with Crippen molar-refractivity contribution in [3.05, 3.63) is 36.4 Å². The number of hydrogen-bond donors (Lipinski definition) is 2. The Labute approximate surface area is 120 Å². The van der Waals surface area contributed by atoms with Gasteiger partial charge in [-0.1, -0.05) is 12.7 Å². The highest BCUT2D eigenvalue weighted by molar-refractivity contribution is 5.94. The molecule has 0 aromatic heterocycles. The van der Waals surface area contributed by atoms with E-state index in [4.69, 9.17) is 9.47 Å². The topological polar surface area (TPSA) is 59.6 Å². The largest absolute Gasteiger partial charge is 0.493 e. The number of carbonyl (C=O) groups is 1. The van der Waals surface area contributed by atoms with Crippen molar-refractivity contribution in [2.24, 2.45) is 0 Å². The lowest BCUT2D eigenvalue weighted by molar-refractivity contribution is 0.0950. The summed E-state index contributed by atoms with van der Waals surface area (Å²) in [6, 6.07) is 5.31. The van der Waals surface area contributed by atoms with E-state index >= 15 is 0 Å². The van der Waals surface area contributed by atoms with Crippen LogP contribution in [0, 0.1) is 0 Å². The quantitative estimate of drug-likeness (QED) is 0.709. The van der Waals surface area contributed by atoms with E-state index in [0.29, 0.717) is 30.2 Å². The number of nitrogens with one attached hydrogen (secondary N) is 2. The molecule has 0 aliphatic rings. The third-order valence-corrected chi connectivity index (χ3v) is 2.84. The summed E-state index contributed by atoms with van der Waals surface area (Å²) in [7, 11) is 3.40. The number of ether oxygens (including phenoxy) is 2. The molecular weight excluding hydrogens is 256 g/mol. The number of hydrogen-bond acceptors (Lipinski definition) is 4. The lowest BCUT2D eigenvalue weighted by Gasteiger charge is -2.13. The molecule has 1 aromatic carbocycles. The summed E-state index contributed by atoms with van der Waals surface area (Å²) in [6.07, 6.45) is 1.65. The first-order valence-electron chi connectivity index (χ1n) is 6.49. The van der Waals surface area contributed by atoms with E-state index in [-0.39, 0.29) is 11.9 Å². The lowest BCUT2D eigenvalue weighted by atomic mass is 10.2. The highest BCUT2D eigenvalue weighted by Crippen LogP contribution is 2.28. The summed E-state index contributed by atoms with van der Waals surface area (Å²) in [5.74, 6) is 0.981. The van der Waals surface area contributed by atoms with Crippen molar-refractivity contribution in [2.45, 2.75) is 13.0 Å². The van der Waals surface area contributed by atoms with Gasteiger partial charge >= 0.3 is 0 Å². The van der Waals surface area contributed by atoms with Crippen LogP contribution in [0.5, 0.6) is 11.5 Å². The Kier molecular flexibility index (Phi) is 6.59. The molecule has 0 bridgehead atoms. The minimum Gasteiger partial charge on any atom is -0.493 e. The Morgan fingerprint density at radius 1 is 1.45 bits per heavy atom. The van der Waals surface area contributed by atoms with E-state index in [1.54, 1.807) is 31.4 Å². The van der Waals surface area contributed by atoms with Crippen LogP contribution >= 0.6 is 0 Å². The molecule has 2 N–H and O–H groups in total. The first-order valence-corrected chi connectivity index (χ1v) is 6.49. The van der Waals surface area contributed by atoms with Gasteiger partial charge in [0.2, 0.25) is 0 Å². The van der Waals surface area contributed by atoms with Crippen LogP contribution in [0.4, 0.5) is 0 Å². The smallest absolute Gasteiger partial charge is 0.251 e. The SMILES string of the molecule is C=CCOc1ccc(C(=O)NCC(C)NC)cc1OC. The van der Waals surface area contributed by atoms with E-state index in [2.05, 4.69) is 17.2 Å². The number of amides is 1. The van der Waals surface area contributed by atoms with E-state index in [1.165, 1.54) is 0 Å². The molecule has 20 heavy (non-hydrogen) atoms. The van der Waals surface area contributed by atoms with Crippen LogP contribution in [0.15, 0.2) is 30.9 Å². The Hall–Kier alpha value is -2.01. The van der Waals surface area contributed by atoms with Crippen LogP contribution in [-0.2, 0) is 0 Å². The summed E-state index contributed by atoms with van der Waals surface area (Å²) in [5.41, 5.74) is 0.538. The van der Waals surface area contributed by atoms with Crippen LogP contribution < -0.4 is 20.1 Å². The lowest BCUT2D eigenvalue weighted by Crippen LogP contribution is -2.37. The van der Waals surface area contributed by atoms with Gasteiger partial charge in [-0.05, 0) is 32.2 Å². The van der Waals surface area contributed by atoms with Crippen molar-refractivity contribution < 1.29 is 14.3 Å². The monoisotopic (exact) mass is 278 g/mol. The first kappa shape index (κ1) is 16.0. The molecule has 0 spiro atoms. The highest BCUT2D eigenvalue weighted by atomic mass is 16.5. The van der Waals surface area contributed by atoms with Crippen molar-refractivity contribution in [1.29, 1.82) is 0 Å². The van der Waals surface area contributed by atoms with Crippen molar-refractivity contribution in [2.75, 3.05) is 27.3 Å². The molecule has 0 saturated carbocycles. The molecule has 1 aromatic rings. The first-order chi connectivity index (χ1) is 9.62. The number of carbonyl (C=O) groups excluding carboxylic acids is 1. The maximum atomic E-state index is 12.0. The zero-order valence-electron chi connectivity index (χ0n) is 12.2. The van der Waals surface area contributed by atoms with Gasteiger partial charge in [0, 0.05) is 18.2 Å². The third-order valence-electron chi connectivity index (χ3n) is 2.84. The van der Waals surface area contributed by atoms with Crippen molar-refractivity contribution in [3.8, 4) is 11.5 Å². The maximum Gasteiger partial charge on any atom is 0.251 e. The fourth-order valence-electron chi connectivity index (χ4n) is 1.53. The Morgan fingerprint density at radius 3 is 2.80 bits per heavy atom. The fourth-order valence-corrected chi connectivity index (χ4v) is 1.53. The second kappa shape index (κ2) is 8.22.